The maximum atomic E-state index is 3.52. The van der Waals surface area contributed by atoms with Crippen LogP contribution >= 0.6 is 11.3 Å². The number of rotatable bonds is 6. The van der Waals surface area contributed by atoms with Gasteiger partial charge in [0.1, 0.15) is 0 Å². The lowest BCUT2D eigenvalue weighted by atomic mass is 10.0. The van der Waals surface area contributed by atoms with Crippen molar-refractivity contribution >= 4 is 11.3 Å². The Hall–Kier alpha value is -0.340. The van der Waals surface area contributed by atoms with Gasteiger partial charge in [-0.15, -0.1) is 11.3 Å². The summed E-state index contributed by atoms with van der Waals surface area (Å²) < 4.78 is 0. The van der Waals surface area contributed by atoms with Gasteiger partial charge >= 0.3 is 0 Å². The van der Waals surface area contributed by atoms with E-state index < -0.39 is 0 Å². The minimum atomic E-state index is 0.694. The smallest absolute Gasteiger partial charge is 0.00674 e. The monoisotopic (exact) mass is 211 g/mol. The highest BCUT2D eigenvalue weighted by atomic mass is 32.1. The summed E-state index contributed by atoms with van der Waals surface area (Å²) in [6, 6.07) is 2.96. The topological polar surface area (TPSA) is 12.0 Å². The molecule has 1 aromatic heterocycles. The number of hydrogen-bond acceptors (Lipinski definition) is 2. The van der Waals surface area contributed by atoms with Crippen LogP contribution < -0.4 is 5.32 Å². The van der Waals surface area contributed by atoms with Crippen molar-refractivity contribution in [1.82, 2.24) is 5.32 Å². The summed E-state index contributed by atoms with van der Waals surface area (Å²) in [6.45, 7) is 7.74. The summed E-state index contributed by atoms with van der Waals surface area (Å²) in [5.41, 5.74) is 1.53. The second-order valence-corrected chi connectivity index (χ2v) is 4.82. The van der Waals surface area contributed by atoms with Crippen molar-refractivity contribution in [3.8, 4) is 0 Å². The van der Waals surface area contributed by atoms with Gasteiger partial charge in [0.25, 0.3) is 0 Å². The molecule has 1 atom stereocenters. The zero-order chi connectivity index (χ0) is 10.4. The van der Waals surface area contributed by atoms with Crippen molar-refractivity contribution in [2.45, 2.75) is 46.1 Å². The molecule has 0 aromatic carbocycles. The van der Waals surface area contributed by atoms with Gasteiger partial charge in [0.15, 0.2) is 0 Å². The second-order valence-electron chi connectivity index (χ2n) is 3.70. The largest absolute Gasteiger partial charge is 0.314 e. The van der Waals surface area contributed by atoms with Crippen LogP contribution in [0.25, 0.3) is 0 Å². The lowest BCUT2D eigenvalue weighted by Crippen LogP contribution is -2.28. The Balaban J connectivity index is 2.35. The van der Waals surface area contributed by atoms with Crippen molar-refractivity contribution in [3.63, 3.8) is 0 Å². The van der Waals surface area contributed by atoms with Crippen molar-refractivity contribution in [1.29, 1.82) is 0 Å². The third-order valence-electron chi connectivity index (χ3n) is 2.71. The molecule has 0 bridgehead atoms. The molecule has 0 aliphatic heterocycles. The van der Waals surface area contributed by atoms with E-state index in [2.05, 4.69) is 37.5 Å². The summed E-state index contributed by atoms with van der Waals surface area (Å²) in [7, 11) is 0. The summed E-state index contributed by atoms with van der Waals surface area (Å²) in [6.07, 6.45) is 3.72. The molecule has 0 spiro atoms. The minimum Gasteiger partial charge on any atom is -0.314 e. The summed E-state index contributed by atoms with van der Waals surface area (Å²) in [4.78, 5) is 1.48. The SMILES string of the molecule is CCNC(CC)CCc1ccsc1C. The number of hydrogen-bond donors (Lipinski definition) is 1. The van der Waals surface area contributed by atoms with Crippen molar-refractivity contribution in [3.05, 3.63) is 21.9 Å². The molecule has 80 valence electrons. The van der Waals surface area contributed by atoms with Crippen LogP contribution in [0.1, 0.15) is 37.1 Å². The third kappa shape index (κ3) is 3.43. The van der Waals surface area contributed by atoms with Crippen LogP contribution in [0, 0.1) is 6.92 Å². The molecule has 1 rings (SSSR count). The Morgan fingerprint density at radius 3 is 2.71 bits per heavy atom. The number of aryl methyl sites for hydroxylation is 2. The predicted octanol–water partition coefficient (Wildman–Crippen LogP) is 3.38. The van der Waals surface area contributed by atoms with Crippen LogP contribution in [0.15, 0.2) is 11.4 Å². The molecule has 1 aromatic rings. The average Bonchev–Trinajstić information content (AvgIpc) is 2.59. The molecule has 14 heavy (non-hydrogen) atoms. The first-order valence-corrected chi connectivity index (χ1v) is 6.42. The minimum absolute atomic E-state index is 0.694. The summed E-state index contributed by atoms with van der Waals surface area (Å²) in [5.74, 6) is 0. The third-order valence-corrected chi connectivity index (χ3v) is 3.60. The molecule has 0 saturated heterocycles. The normalized spacial score (nSPS) is 13.1. The van der Waals surface area contributed by atoms with Crippen LogP contribution in [0.5, 0.6) is 0 Å². The van der Waals surface area contributed by atoms with E-state index in [1.807, 2.05) is 11.3 Å². The van der Waals surface area contributed by atoms with Crippen molar-refractivity contribution in [2.24, 2.45) is 0 Å². The Morgan fingerprint density at radius 1 is 1.43 bits per heavy atom. The van der Waals surface area contributed by atoms with Gasteiger partial charge in [0.05, 0.1) is 0 Å². The van der Waals surface area contributed by atoms with E-state index >= 15 is 0 Å². The van der Waals surface area contributed by atoms with Crippen LogP contribution in [0.2, 0.25) is 0 Å². The fourth-order valence-corrected chi connectivity index (χ4v) is 2.50. The molecule has 0 amide bonds. The predicted molar refractivity (Wildman–Crippen MR) is 65.1 cm³/mol. The van der Waals surface area contributed by atoms with E-state index in [0.717, 1.165) is 6.54 Å². The first-order valence-electron chi connectivity index (χ1n) is 5.54. The van der Waals surface area contributed by atoms with Crippen LogP contribution in [-0.4, -0.2) is 12.6 Å². The molecule has 0 saturated carbocycles. The first-order chi connectivity index (χ1) is 6.77. The van der Waals surface area contributed by atoms with Crippen molar-refractivity contribution < 1.29 is 0 Å². The number of nitrogens with one attached hydrogen (secondary N) is 1. The van der Waals surface area contributed by atoms with E-state index in [9.17, 15) is 0 Å². The fraction of sp³-hybridized carbons (Fsp3) is 0.667. The average molecular weight is 211 g/mol. The Morgan fingerprint density at radius 2 is 2.21 bits per heavy atom. The van der Waals surface area contributed by atoms with Gasteiger partial charge < -0.3 is 5.32 Å². The highest BCUT2D eigenvalue weighted by Gasteiger charge is 2.06. The van der Waals surface area contributed by atoms with Gasteiger partial charge in [-0.3, -0.25) is 0 Å². The van der Waals surface area contributed by atoms with E-state index in [-0.39, 0.29) is 0 Å². The molecule has 1 heterocycles. The molecular formula is C12H21NS. The van der Waals surface area contributed by atoms with Crippen molar-refractivity contribution in [2.75, 3.05) is 6.54 Å². The zero-order valence-electron chi connectivity index (χ0n) is 9.47. The van der Waals surface area contributed by atoms with E-state index in [4.69, 9.17) is 0 Å². The molecule has 0 radical (unpaired) electrons. The lowest BCUT2D eigenvalue weighted by Gasteiger charge is -2.15. The maximum absolute atomic E-state index is 3.52. The van der Waals surface area contributed by atoms with Gasteiger partial charge in [-0.05, 0) is 49.7 Å². The number of thiophene rings is 1. The quantitative estimate of drug-likeness (QED) is 0.760. The molecule has 0 aliphatic rings. The molecule has 1 nitrogen and oxygen atoms in total. The molecular weight excluding hydrogens is 190 g/mol. The first kappa shape index (κ1) is 11.7. The van der Waals surface area contributed by atoms with Gasteiger partial charge in [0.2, 0.25) is 0 Å². The molecule has 2 heteroatoms. The summed E-state index contributed by atoms with van der Waals surface area (Å²) in [5, 5.41) is 5.71. The van der Waals surface area contributed by atoms with Crippen LogP contribution in [0.3, 0.4) is 0 Å². The lowest BCUT2D eigenvalue weighted by molar-refractivity contribution is 0.481. The molecule has 1 N–H and O–H groups in total. The molecule has 1 unspecified atom stereocenters. The van der Waals surface area contributed by atoms with Gasteiger partial charge in [0, 0.05) is 10.9 Å². The summed E-state index contributed by atoms with van der Waals surface area (Å²) >= 11 is 1.86. The van der Waals surface area contributed by atoms with Gasteiger partial charge in [-0.25, -0.2) is 0 Å². The highest BCUT2D eigenvalue weighted by molar-refractivity contribution is 7.10. The van der Waals surface area contributed by atoms with Crippen LogP contribution in [0.4, 0.5) is 0 Å². The van der Waals surface area contributed by atoms with Crippen LogP contribution in [-0.2, 0) is 6.42 Å². The van der Waals surface area contributed by atoms with E-state index in [1.165, 1.54) is 29.7 Å². The highest BCUT2D eigenvalue weighted by Crippen LogP contribution is 2.17. The Labute approximate surface area is 91.5 Å². The maximum Gasteiger partial charge on any atom is 0.00674 e. The molecule has 0 fully saturated rings. The van der Waals surface area contributed by atoms with Gasteiger partial charge in [-0.2, -0.15) is 0 Å². The molecule has 0 aliphatic carbocycles. The second kappa shape index (κ2) is 6.20. The van der Waals surface area contributed by atoms with Gasteiger partial charge in [-0.1, -0.05) is 13.8 Å². The van der Waals surface area contributed by atoms with E-state index in [0.29, 0.717) is 6.04 Å². The standard InChI is InChI=1S/C12H21NS/c1-4-12(13-5-2)7-6-11-8-9-14-10(11)3/h8-9,12-13H,4-7H2,1-3H3. The zero-order valence-corrected chi connectivity index (χ0v) is 10.3. The fourth-order valence-electron chi connectivity index (χ4n) is 1.74. The Bertz CT molecular complexity index is 255. The Kier molecular flexibility index (Phi) is 5.20. The van der Waals surface area contributed by atoms with E-state index in [1.54, 1.807) is 0 Å².